The van der Waals surface area contributed by atoms with Gasteiger partial charge in [0.15, 0.2) is 18.2 Å². The summed E-state index contributed by atoms with van der Waals surface area (Å²) in [5, 5.41) is 2.58. The first-order valence-corrected chi connectivity index (χ1v) is 9.76. The van der Waals surface area contributed by atoms with Crippen LogP contribution in [0.3, 0.4) is 0 Å². The topological polar surface area (TPSA) is 89.5 Å². The monoisotopic (exact) mass is 401 g/mol. The van der Waals surface area contributed by atoms with E-state index in [1.807, 2.05) is 43.3 Å². The Morgan fingerprint density at radius 3 is 2.36 bits per heavy atom. The highest BCUT2D eigenvalue weighted by Crippen LogP contribution is 2.17. The standard InChI is InChI=1S/C21H23NO5S/c1-14-8-10-19(28-14)18(24)9-11-21(26)27-13-20(25)22-17(15(2)23)12-16-6-4-3-5-7-16/h3-8,10,17H,9,11-13H2,1-2H3,(H,22,25)/t17-/m0/s1. The molecule has 0 saturated carbocycles. The molecule has 0 fully saturated rings. The van der Waals surface area contributed by atoms with Gasteiger partial charge >= 0.3 is 5.97 Å². The summed E-state index contributed by atoms with van der Waals surface area (Å²) in [6.45, 7) is 2.82. The average Bonchev–Trinajstić information content (AvgIpc) is 3.11. The Balaban J connectivity index is 1.74. The molecule has 0 aliphatic rings. The SMILES string of the molecule is CC(=O)[C@H](Cc1ccccc1)NC(=O)COC(=O)CCC(=O)c1ccc(C)s1. The van der Waals surface area contributed by atoms with Crippen LogP contribution in [0, 0.1) is 6.92 Å². The van der Waals surface area contributed by atoms with Gasteiger partial charge in [-0.1, -0.05) is 30.3 Å². The van der Waals surface area contributed by atoms with E-state index in [2.05, 4.69) is 5.32 Å². The van der Waals surface area contributed by atoms with Gasteiger partial charge in [-0.15, -0.1) is 11.3 Å². The third-order valence-corrected chi connectivity index (χ3v) is 5.09. The number of thiophene rings is 1. The highest BCUT2D eigenvalue weighted by atomic mass is 32.1. The van der Waals surface area contributed by atoms with E-state index < -0.39 is 24.5 Å². The molecule has 0 spiro atoms. The molecule has 2 aromatic rings. The Kier molecular flexibility index (Phi) is 8.07. The second-order valence-corrected chi connectivity index (χ2v) is 7.70. The molecular formula is C21H23NO5S. The average molecular weight is 401 g/mol. The minimum absolute atomic E-state index is 0.0322. The molecule has 1 N–H and O–H groups in total. The molecule has 1 amide bonds. The molecule has 1 aromatic heterocycles. The Hall–Kier alpha value is -2.80. The van der Waals surface area contributed by atoms with Crippen LogP contribution in [-0.2, 0) is 25.5 Å². The third kappa shape index (κ3) is 7.08. The van der Waals surface area contributed by atoms with Crippen LogP contribution in [-0.4, -0.2) is 36.1 Å². The number of ketones is 2. The maximum atomic E-state index is 12.0. The van der Waals surface area contributed by atoms with Gasteiger partial charge in [-0.25, -0.2) is 0 Å². The molecular weight excluding hydrogens is 378 g/mol. The largest absolute Gasteiger partial charge is 0.456 e. The van der Waals surface area contributed by atoms with Crippen LogP contribution in [0.2, 0.25) is 0 Å². The summed E-state index contributed by atoms with van der Waals surface area (Å²) in [5.74, 6) is -1.48. The van der Waals surface area contributed by atoms with E-state index in [9.17, 15) is 19.2 Å². The first-order chi connectivity index (χ1) is 13.3. The molecule has 0 radical (unpaired) electrons. The number of benzene rings is 1. The van der Waals surface area contributed by atoms with Crippen LogP contribution < -0.4 is 5.32 Å². The van der Waals surface area contributed by atoms with Crippen LogP contribution in [0.1, 0.15) is 39.9 Å². The predicted molar refractivity (Wildman–Crippen MR) is 106 cm³/mol. The maximum absolute atomic E-state index is 12.0. The maximum Gasteiger partial charge on any atom is 0.306 e. The molecule has 1 aromatic carbocycles. The number of carbonyl (C=O) groups is 4. The zero-order valence-corrected chi connectivity index (χ0v) is 16.7. The van der Waals surface area contributed by atoms with E-state index in [1.165, 1.54) is 18.3 Å². The lowest BCUT2D eigenvalue weighted by Crippen LogP contribution is -2.43. The number of amides is 1. The molecule has 0 aliphatic carbocycles. The van der Waals surface area contributed by atoms with Crippen molar-refractivity contribution in [3.8, 4) is 0 Å². The van der Waals surface area contributed by atoms with E-state index in [0.717, 1.165) is 10.4 Å². The molecule has 1 atom stereocenters. The molecule has 0 bridgehead atoms. The number of Topliss-reactive ketones (excluding diaryl/α,β-unsaturated/α-hetero) is 2. The van der Waals surface area contributed by atoms with E-state index in [4.69, 9.17) is 4.74 Å². The zero-order chi connectivity index (χ0) is 20.5. The first kappa shape index (κ1) is 21.5. The fourth-order valence-corrected chi connectivity index (χ4v) is 3.36. The minimum Gasteiger partial charge on any atom is -0.456 e. The van der Waals surface area contributed by atoms with Gasteiger partial charge in [0.2, 0.25) is 0 Å². The van der Waals surface area contributed by atoms with Gasteiger partial charge in [-0.05, 0) is 38.0 Å². The van der Waals surface area contributed by atoms with Crippen molar-refractivity contribution < 1.29 is 23.9 Å². The Morgan fingerprint density at radius 1 is 1.04 bits per heavy atom. The molecule has 28 heavy (non-hydrogen) atoms. The summed E-state index contributed by atoms with van der Waals surface area (Å²) < 4.78 is 4.92. The number of aryl methyl sites for hydroxylation is 1. The van der Waals surface area contributed by atoms with Gasteiger partial charge in [0.1, 0.15) is 0 Å². The molecule has 148 valence electrons. The highest BCUT2D eigenvalue weighted by molar-refractivity contribution is 7.14. The van der Waals surface area contributed by atoms with E-state index in [0.29, 0.717) is 11.3 Å². The fourth-order valence-electron chi connectivity index (χ4n) is 2.52. The van der Waals surface area contributed by atoms with Crippen molar-refractivity contribution >= 4 is 34.8 Å². The van der Waals surface area contributed by atoms with Crippen molar-refractivity contribution in [1.82, 2.24) is 5.32 Å². The summed E-state index contributed by atoms with van der Waals surface area (Å²) >= 11 is 1.38. The Bertz CT molecular complexity index is 843. The number of ether oxygens (including phenoxy) is 1. The molecule has 7 heteroatoms. The summed E-state index contributed by atoms with van der Waals surface area (Å²) in [6, 6.07) is 12.2. The van der Waals surface area contributed by atoms with Crippen molar-refractivity contribution in [3.63, 3.8) is 0 Å². The van der Waals surface area contributed by atoms with Crippen molar-refractivity contribution in [1.29, 1.82) is 0 Å². The number of hydrogen-bond donors (Lipinski definition) is 1. The van der Waals surface area contributed by atoms with E-state index in [1.54, 1.807) is 6.07 Å². The number of rotatable bonds is 10. The first-order valence-electron chi connectivity index (χ1n) is 8.94. The third-order valence-electron chi connectivity index (χ3n) is 4.04. The number of hydrogen-bond acceptors (Lipinski definition) is 6. The number of nitrogens with one attached hydrogen (secondary N) is 1. The molecule has 0 saturated heterocycles. The van der Waals surface area contributed by atoms with Crippen LogP contribution in [0.4, 0.5) is 0 Å². The Morgan fingerprint density at radius 2 is 1.75 bits per heavy atom. The molecule has 2 rings (SSSR count). The lowest BCUT2D eigenvalue weighted by atomic mass is 10.0. The molecule has 0 aliphatic heterocycles. The van der Waals surface area contributed by atoms with Crippen molar-refractivity contribution in [2.45, 2.75) is 39.2 Å². The summed E-state index contributed by atoms with van der Waals surface area (Å²) in [6.07, 6.45) is 0.304. The van der Waals surface area contributed by atoms with E-state index >= 15 is 0 Å². The second-order valence-electron chi connectivity index (χ2n) is 6.41. The Labute approximate surface area is 167 Å². The smallest absolute Gasteiger partial charge is 0.306 e. The summed E-state index contributed by atoms with van der Waals surface area (Å²) in [5.41, 5.74) is 0.919. The van der Waals surface area contributed by atoms with Crippen LogP contribution in [0.25, 0.3) is 0 Å². The zero-order valence-electron chi connectivity index (χ0n) is 15.9. The van der Waals surface area contributed by atoms with Gasteiger partial charge in [0.05, 0.1) is 17.3 Å². The lowest BCUT2D eigenvalue weighted by Gasteiger charge is -2.16. The van der Waals surface area contributed by atoms with Gasteiger partial charge in [0, 0.05) is 11.3 Å². The molecule has 1 heterocycles. The minimum atomic E-state index is -0.683. The normalized spacial score (nSPS) is 11.5. The molecule has 6 nitrogen and oxygen atoms in total. The summed E-state index contributed by atoms with van der Waals surface area (Å²) in [4.78, 5) is 49.2. The van der Waals surface area contributed by atoms with Gasteiger partial charge < -0.3 is 10.1 Å². The van der Waals surface area contributed by atoms with Crippen LogP contribution in [0.15, 0.2) is 42.5 Å². The van der Waals surface area contributed by atoms with Crippen molar-refractivity contribution in [2.24, 2.45) is 0 Å². The predicted octanol–water partition coefficient (Wildman–Crippen LogP) is 2.88. The second kappa shape index (κ2) is 10.5. The molecule has 0 unspecified atom stereocenters. The summed E-state index contributed by atoms with van der Waals surface area (Å²) in [7, 11) is 0. The van der Waals surface area contributed by atoms with Crippen molar-refractivity contribution in [2.75, 3.05) is 6.61 Å². The lowest BCUT2D eigenvalue weighted by molar-refractivity contribution is -0.148. The van der Waals surface area contributed by atoms with Gasteiger partial charge in [0.25, 0.3) is 5.91 Å². The number of carbonyl (C=O) groups excluding carboxylic acids is 4. The van der Waals surface area contributed by atoms with Gasteiger partial charge in [-0.2, -0.15) is 0 Å². The fraction of sp³-hybridized carbons (Fsp3) is 0.333. The highest BCUT2D eigenvalue weighted by Gasteiger charge is 2.19. The van der Waals surface area contributed by atoms with Crippen LogP contribution >= 0.6 is 11.3 Å². The quantitative estimate of drug-likeness (QED) is 0.488. The van der Waals surface area contributed by atoms with Crippen molar-refractivity contribution in [3.05, 3.63) is 57.8 Å². The number of esters is 1. The van der Waals surface area contributed by atoms with E-state index in [-0.39, 0.29) is 24.4 Å². The van der Waals surface area contributed by atoms with Gasteiger partial charge in [-0.3, -0.25) is 19.2 Å². The van der Waals surface area contributed by atoms with Crippen LogP contribution in [0.5, 0.6) is 0 Å².